The van der Waals surface area contributed by atoms with E-state index in [-0.39, 0.29) is 5.75 Å². The first-order valence-electron chi connectivity index (χ1n) is 12.2. The van der Waals surface area contributed by atoms with Crippen LogP contribution >= 0.6 is 27.5 Å². The SMILES string of the molecule is COc1cc(C=NNC(=O)c2[nH]c3ccc(C)cc3c2-c2ccccc2Cl)ccc1OC(=O)c1ccc(Br)cc1. The van der Waals surface area contributed by atoms with E-state index in [9.17, 15) is 9.59 Å². The number of carbonyl (C=O) groups excluding carboxylic acids is 2. The van der Waals surface area contributed by atoms with Crippen molar-refractivity contribution < 1.29 is 19.1 Å². The van der Waals surface area contributed by atoms with Gasteiger partial charge in [-0.3, -0.25) is 4.79 Å². The second-order valence-corrected chi connectivity index (χ2v) is 10.2. The Hall–Kier alpha value is -4.40. The number of hydrazone groups is 1. The maximum atomic E-state index is 13.3. The third-order valence-corrected chi connectivity index (χ3v) is 7.03. The zero-order chi connectivity index (χ0) is 28.2. The quantitative estimate of drug-likeness (QED) is 0.0855. The fraction of sp³-hybridized carbons (Fsp3) is 0.0645. The first-order valence-corrected chi connectivity index (χ1v) is 13.4. The molecule has 1 amide bonds. The summed E-state index contributed by atoms with van der Waals surface area (Å²) in [7, 11) is 1.48. The van der Waals surface area contributed by atoms with Crippen molar-refractivity contribution in [3.63, 3.8) is 0 Å². The summed E-state index contributed by atoms with van der Waals surface area (Å²) in [6.07, 6.45) is 1.47. The highest BCUT2D eigenvalue weighted by Gasteiger charge is 2.21. The molecule has 0 spiro atoms. The number of halogens is 2. The molecule has 40 heavy (non-hydrogen) atoms. The molecule has 0 saturated carbocycles. The number of methoxy groups -OCH3 is 1. The highest BCUT2D eigenvalue weighted by Crippen LogP contribution is 2.37. The molecule has 0 aliphatic carbocycles. The number of benzene rings is 4. The number of fused-ring (bicyclic) bond motifs is 1. The number of aromatic amines is 1. The van der Waals surface area contributed by atoms with Gasteiger partial charge in [0.05, 0.1) is 18.9 Å². The Morgan fingerprint density at radius 1 is 0.975 bits per heavy atom. The minimum absolute atomic E-state index is 0.259. The van der Waals surface area contributed by atoms with Crippen LogP contribution in [0.15, 0.2) is 94.5 Å². The van der Waals surface area contributed by atoms with Crippen molar-refractivity contribution in [2.45, 2.75) is 6.92 Å². The highest BCUT2D eigenvalue weighted by molar-refractivity contribution is 9.10. The summed E-state index contributed by atoms with van der Waals surface area (Å²) in [5.41, 5.74) is 7.28. The Morgan fingerprint density at radius 3 is 2.50 bits per heavy atom. The molecule has 0 unspecified atom stereocenters. The summed E-state index contributed by atoms with van der Waals surface area (Å²) >= 11 is 9.85. The monoisotopic (exact) mass is 615 g/mol. The Kier molecular flexibility index (Phi) is 8.00. The van der Waals surface area contributed by atoms with E-state index < -0.39 is 11.9 Å². The number of aromatic nitrogens is 1. The predicted molar refractivity (Wildman–Crippen MR) is 161 cm³/mol. The Balaban J connectivity index is 1.36. The van der Waals surface area contributed by atoms with Crippen LogP contribution in [0.5, 0.6) is 11.5 Å². The lowest BCUT2D eigenvalue weighted by atomic mass is 10.0. The van der Waals surface area contributed by atoms with Gasteiger partial charge in [0.15, 0.2) is 11.5 Å². The smallest absolute Gasteiger partial charge is 0.343 e. The number of hydrogen-bond donors (Lipinski definition) is 2. The van der Waals surface area contributed by atoms with Crippen LogP contribution in [-0.4, -0.2) is 30.2 Å². The number of nitrogens with one attached hydrogen (secondary N) is 2. The average Bonchev–Trinajstić information content (AvgIpc) is 3.32. The van der Waals surface area contributed by atoms with Crippen LogP contribution in [0.1, 0.15) is 32.0 Å². The topological polar surface area (TPSA) is 92.8 Å². The number of aryl methyl sites for hydroxylation is 1. The molecular weight excluding hydrogens is 594 g/mol. The van der Waals surface area contributed by atoms with Crippen molar-refractivity contribution in [3.05, 3.63) is 117 Å². The molecule has 1 aromatic heterocycles. The van der Waals surface area contributed by atoms with Crippen molar-refractivity contribution in [1.82, 2.24) is 10.4 Å². The number of nitrogens with zero attached hydrogens (tertiary/aromatic N) is 1. The van der Waals surface area contributed by atoms with Gasteiger partial charge in [-0.25, -0.2) is 10.2 Å². The standard InChI is InChI=1S/C31H23BrClN3O4/c1-18-7-13-25-23(15-18)28(22-5-3-4-6-24(22)33)29(35-25)30(37)36-34-17-19-8-14-26(27(16-19)39-2)40-31(38)20-9-11-21(32)12-10-20/h3-17,35H,1-2H3,(H,36,37). The van der Waals surface area contributed by atoms with Gasteiger partial charge in [0.2, 0.25) is 0 Å². The van der Waals surface area contributed by atoms with E-state index in [1.54, 1.807) is 48.5 Å². The number of rotatable bonds is 7. The second-order valence-electron chi connectivity index (χ2n) is 8.91. The molecule has 1 heterocycles. The number of carbonyl (C=O) groups is 2. The third-order valence-electron chi connectivity index (χ3n) is 6.17. The van der Waals surface area contributed by atoms with Gasteiger partial charge in [0, 0.05) is 31.5 Å². The van der Waals surface area contributed by atoms with Crippen molar-refractivity contribution >= 4 is 56.5 Å². The van der Waals surface area contributed by atoms with Gasteiger partial charge in [0.25, 0.3) is 5.91 Å². The molecule has 5 aromatic rings. The zero-order valence-electron chi connectivity index (χ0n) is 21.5. The van der Waals surface area contributed by atoms with Gasteiger partial charge in [-0.15, -0.1) is 0 Å². The molecule has 0 saturated heterocycles. The predicted octanol–water partition coefficient (Wildman–Crippen LogP) is 7.55. The maximum Gasteiger partial charge on any atom is 0.343 e. The van der Waals surface area contributed by atoms with Gasteiger partial charge < -0.3 is 14.5 Å². The molecule has 0 aliphatic rings. The molecule has 0 radical (unpaired) electrons. The summed E-state index contributed by atoms with van der Waals surface area (Å²) in [5, 5.41) is 5.57. The molecule has 7 nitrogen and oxygen atoms in total. The first-order chi connectivity index (χ1) is 19.3. The molecule has 0 atom stereocenters. The van der Waals surface area contributed by atoms with Crippen molar-refractivity contribution in [2.75, 3.05) is 7.11 Å². The number of esters is 1. The second kappa shape index (κ2) is 11.8. The first kappa shape index (κ1) is 27.2. The van der Waals surface area contributed by atoms with Crippen molar-refractivity contribution in [2.24, 2.45) is 5.10 Å². The van der Waals surface area contributed by atoms with Gasteiger partial charge in [-0.05, 0) is 73.2 Å². The molecule has 9 heteroatoms. The van der Waals surface area contributed by atoms with Crippen LogP contribution in [0, 0.1) is 6.92 Å². The highest BCUT2D eigenvalue weighted by atomic mass is 79.9. The number of ether oxygens (including phenoxy) is 2. The lowest BCUT2D eigenvalue weighted by molar-refractivity contribution is 0.0729. The van der Waals surface area contributed by atoms with Gasteiger partial charge >= 0.3 is 5.97 Å². The number of H-pyrrole nitrogens is 1. The van der Waals surface area contributed by atoms with E-state index in [2.05, 4.69) is 31.4 Å². The molecular formula is C31H23BrClN3O4. The van der Waals surface area contributed by atoms with Crippen LogP contribution in [-0.2, 0) is 0 Å². The summed E-state index contributed by atoms with van der Waals surface area (Å²) in [4.78, 5) is 29.0. The molecule has 0 bridgehead atoms. The van der Waals surface area contributed by atoms with E-state index in [1.807, 2.05) is 43.3 Å². The Bertz CT molecular complexity index is 1760. The number of hydrogen-bond acceptors (Lipinski definition) is 5. The minimum Gasteiger partial charge on any atom is -0.493 e. The van der Waals surface area contributed by atoms with E-state index >= 15 is 0 Å². The Morgan fingerprint density at radius 2 is 1.75 bits per heavy atom. The molecule has 0 aliphatic heterocycles. The van der Waals surface area contributed by atoms with Gasteiger partial charge in [0.1, 0.15) is 5.69 Å². The Labute approximate surface area is 243 Å². The molecule has 2 N–H and O–H groups in total. The largest absolute Gasteiger partial charge is 0.493 e. The van der Waals surface area contributed by atoms with E-state index in [1.165, 1.54) is 13.3 Å². The molecule has 0 fully saturated rings. The van der Waals surface area contributed by atoms with Crippen LogP contribution in [0.2, 0.25) is 5.02 Å². The van der Waals surface area contributed by atoms with Crippen LogP contribution in [0.25, 0.3) is 22.0 Å². The molecule has 5 rings (SSSR count). The molecule has 200 valence electrons. The summed E-state index contributed by atoms with van der Waals surface area (Å²) in [5.74, 6) is -0.337. The van der Waals surface area contributed by atoms with Crippen LogP contribution in [0.3, 0.4) is 0 Å². The summed E-state index contributed by atoms with van der Waals surface area (Å²) in [6.45, 7) is 1.99. The van der Waals surface area contributed by atoms with Gasteiger partial charge in [-0.2, -0.15) is 5.10 Å². The lowest BCUT2D eigenvalue weighted by Crippen LogP contribution is -2.19. The maximum absolute atomic E-state index is 13.3. The van der Waals surface area contributed by atoms with E-state index in [0.717, 1.165) is 26.5 Å². The van der Waals surface area contributed by atoms with E-state index in [0.29, 0.717) is 33.2 Å². The normalized spacial score (nSPS) is 11.1. The van der Waals surface area contributed by atoms with Crippen molar-refractivity contribution in [1.29, 1.82) is 0 Å². The number of amides is 1. The molecule has 4 aromatic carbocycles. The zero-order valence-corrected chi connectivity index (χ0v) is 23.8. The van der Waals surface area contributed by atoms with Crippen molar-refractivity contribution in [3.8, 4) is 22.6 Å². The van der Waals surface area contributed by atoms with Gasteiger partial charge in [-0.1, -0.05) is 57.4 Å². The summed E-state index contributed by atoms with van der Waals surface area (Å²) < 4.78 is 11.8. The summed E-state index contributed by atoms with van der Waals surface area (Å²) in [6, 6.07) is 25.1. The minimum atomic E-state index is -0.512. The fourth-order valence-electron chi connectivity index (χ4n) is 4.23. The van der Waals surface area contributed by atoms with Crippen LogP contribution in [0.4, 0.5) is 0 Å². The van der Waals surface area contributed by atoms with E-state index in [4.69, 9.17) is 21.1 Å². The lowest BCUT2D eigenvalue weighted by Gasteiger charge is -2.10. The van der Waals surface area contributed by atoms with Crippen LogP contribution < -0.4 is 14.9 Å². The average molecular weight is 617 g/mol. The fourth-order valence-corrected chi connectivity index (χ4v) is 4.73. The third kappa shape index (κ3) is 5.78.